The van der Waals surface area contributed by atoms with Gasteiger partial charge in [0.05, 0.1) is 10.6 Å². The third kappa shape index (κ3) is 1.67. The van der Waals surface area contributed by atoms with Crippen LogP contribution in [0.15, 0.2) is 32.4 Å². The van der Waals surface area contributed by atoms with Crippen molar-refractivity contribution in [1.82, 2.24) is 4.57 Å². The van der Waals surface area contributed by atoms with Gasteiger partial charge in [-0.05, 0) is 24.5 Å². The van der Waals surface area contributed by atoms with Gasteiger partial charge in [-0.3, -0.25) is 9.56 Å². The molecule has 2 aromatic rings. The number of rotatable bonds is 1. The molecule has 2 rings (SSSR count). The molecule has 0 amide bonds. The average molecular weight is 236 g/mol. The van der Waals surface area contributed by atoms with Crippen LogP contribution in [0.1, 0.15) is 5.56 Å². The second-order valence-electron chi connectivity index (χ2n) is 3.34. The minimum atomic E-state index is -0.341. The van der Waals surface area contributed by atoms with Gasteiger partial charge in [0.2, 0.25) is 0 Å². The summed E-state index contributed by atoms with van der Waals surface area (Å²) in [7, 11) is 3.44. The van der Waals surface area contributed by atoms with Gasteiger partial charge in [-0.15, -0.1) is 11.8 Å². The van der Waals surface area contributed by atoms with Gasteiger partial charge in [0, 0.05) is 19.7 Å². The highest BCUT2D eigenvalue weighted by atomic mass is 32.2. The maximum Gasteiger partial charge on any atom is 0.419 e. The molecule has 0 atom stereocenters. The molecule has 0 saturated carbocycles. The minimum Gasteiger partial charge on any atom is -0.408 e. The fourth-order valence-corrected chi connectivity index (χ4v) is 2.15. The molecule has 0 saturated heterocycles. The highest BCUT2D eigenvalue weighted by Crippen LogP contribution is 2.18. The minimum absolute atomic E-state index is 0.341. The number of nitrogens with zero attached hydrogens (tertiary/aromatic N) is 2. The molecule has 84 valence electrons. The summed E-state index contributed by atoms with van der Waals surface area (Å²) in [5.74, 6) is -0.341. The van der Waals surface area contributed by atoms with Crippen molar-refractivity contribution in [3.8, 4) is 0 Å². The van der Waals surface area contributed by atoms with Gasteiger partial charge in [0.15, 0.2) is 5.58 Å². The molecule has 0 aliphatic rings. The molecule has 0 aliphatic carbocycles. The van der Waals surface area contributed by atoms with E-state index < -0.39 is 0 Å². The number of hydrogen-bond acceptors (Lipinski definition) is 4. The molecule has 0 bridgehead atoms. The van der Waals surface area contributed by atoms with Crippen LogP contribution in [0.25, 0.3) is 11.1 Å². The van der Waals surface area contributed by atoms with Crippen molar-refractivity contribution in [3.63, 3.8) is 0 Å². The van der Waals surface area contributed by atoms with Gasteiger partial charge in [0.25, 0.3) is 0 Å². The lowest BCUT2D eigenvalue weighted by Gasteiger charge is -2.01. The molecule has 4 nitrogen and oxygen atoms in total. The Bertz CT molecular complexity index is 610. The van der Waals surface area contributed by atoms with Crippen molar-refractivity contribution in [2.45, 2.75) is 0 Å². The van der Waals surface area contributed by atoms with Crippen LogP contribution in [0, 0.1) is 0 Å². The van der Waals surface area contributed by atoms with E-state index in [1.807, 2.05) is 24.5 Å². The first-order valence-electron chi connectivity index (χ1n) is 4.78. The average Bonchev–Trinajstić information content (AvgIpc) is 2.56. The number of fused-ring (bicyclic) bond motifs is 1. The summed E-state index contributed by atoms with van der Waals surface area (Å²) in [6, 6.07) is 5.66. The Labute approximate surface area is 97.0 Å². The highest BCUT2D eigenvalue weighted by molar-refractivity contribution is 8.13. The van der Waals surface area contributed by atoms with E-state index in [0.717, 1.165) is 16.1 Å². The Morgan fingerprint density at radius 2 is 2.25 bits per heavy atom. The molecule has 5 heteroatoms. The van der Waals surface area contributed by atoms with E-state index in [9.17, 15) is 4.79 Å². The Hall–Kier alpha value is -1.49. The van der Waals surface area contributed by atoms with E-state index >= 15 is 0 Å². The van der Waals surface area contributed by atoms with Crippen LogP contribution in [0.5, 0.6) is 0 Å². The number of aliphatic imine (C=N–C) groups is 1. The van der Waals surface area contributed by atoms with Crippen molar-refractivity contribution >= 4 is 27.9 Å². The molecule has 1 aromatic carbocycles. The molecule has 1 aromatic heterocycles. The predicted molar refractivity (Wildman–Crippen MR) is 67.4 cm³/mol. The Morgan fingerprint density at radius 3 is 2.88 bits per heavy atom. The van der Waals surface area contributed by atoms with Gasteiger partial charge in [-0.2, -0.15) is 0 Å². The number of benzene rings is 1. The van der Waals surface area contributed by atoms with Gasteiger partial charge < -0.3 is 4.42 Å². The molecular weight excluding hydrogens is 224 g/mol. The van der Waals surface area contributed by atoms with Crippen molar-refractivity contribution in [1.29, 1.82) is 0 Å². The maximum absolute atomic E-state index is 11.3. The number of aromatic nitrogens is 1. The summed E-state index contributed by atoms with van der Waals surface area (Å²) in [5.41, 5.74) is 2.36. The van der Waals surface area contributed by atoms with E-state index in [0.29, 0.717) is 5.58 Å². The number of oxazole rings is 1. The molecule has 0 N–H and O–H groups in total. The fourth-order valence-electron chi connectivity index (χ4n) is 1.61. The fraction of sp³-hybridized carbons (Fsp3) is 0.273. The van der Waals surface area contributed by atoms with E-state index in [-0.39, 0.29) is 5.76 Å². The lowest BCUT2D eigenvalue weighted by atomic mass is 10.2. The molecule has 0 aliphatic heterocycles. The first kappa shape index (κ1) is 11.0. The largest absolute Gasteiger partial charge is 0.419 e. The van der Waals surface area contributed by atoms with E-state index in [1.54, 1.807) is 25.9 Å². The SMILES string of the molecule is CN=C(SC)c1ccc2c(c1)oc(=O)n2C. The lowest BCUT2D eigenvalue weighted by Crippen LogP contribution is -2.08. The van der Waals surface area contributed by atoms with Gasteiger partial charge in [0.1, 0.15) is 0 Å². The summed E-state index contributed by atoms with van der Waals surface area (Å²) >= 11 is 1.57. The Morgan fingerprint density at radius 1 is 1.50 bits per heavy atom. The summed E-state index contributed by atoms with van der Waals surface area (Å²) in [6.07, 6.45) is 1.97. The van der Waals surface area contributed by atoms with Crippen LogP contribution in [0.4, 0.5) is 0 Å². The standard InChI is InChI=1S/C11H12N2O2S/c1-12-10(16-3)7-4-5-8-9(6-7)15-11(14)13(8)2/h4-6H,1-3H3. The molecule has 0 fully saturated rings. The van der Waals surface area contributed by atoms with Crippen LogP contribution < -0.4 is 5.76 Å². The molecule has 0 spiro atoms. The van der Waals surface area contributed by atoms with Crippen LogP contribution in [-0.4, -0.2) is 22.9 Å². The summed E-state index contributed by atoms with van der Waals surface area (Å²) in [6.45, 7) is 0. The van der Waals surface area contributed by atoms with Crippen molar-refractivity contribution in [3.05, 3.63) is 34.3 Å². The maximum atomic E-state index is 11.3. The van der Waals surface area contributed by atoms with Gasteiger partial charge >= 0.3 is 5.76 Å². The number of hydrogen-bond donors (Lipinski definition) is 0. The van der Waals surface area contributed by atoms with Crippen LogP contribution >= 0.6 is 11.8 Å². The summed E-state index contributed by atoms with van der Waals surface area (Å²) in [5, 5.41) is 0.924. The molecular formula is C11H12N2O2S. The lowest BCUT2D eigenvalue weighted by molar-refractivity contribution is 0.528. The zero-order chi connectivity index (χ0) is 11.7. The van der Waals surface area contributed by atoms with Gasteiger partial charge in [-0.1, -0.05) is 0 Å². The molecule has 1 heterocycles. The number of aryl methyl sites for hydroxylation is 1. The zero-order valence-corrected chi connectivity index (χ0v) is 10.2. The van der Waals surface area contributed by atoms with Crippen LogP contribution in [0.3, 0.4) is 0 Å². The Kier molecular flexibility index (Phi) is 2.87. The van der Waals surface area contributed by atoms with Crippen LogP contribution in [-0.2, 0) is 7.05 Å². The second-order valence-corrected chi connectivity index (χ2v) is 4.14. The van der Waals surface area contributed by atoms with Crippen LogP contribution in [0.2, 0.25) is 0 Å². The summed E-state index contributed by atoms with van der Waals surface area (Å²) < 4.78 is 6.61. The topological polar surface area (TPSA) is 47.5 Å². The first-order chi connectivity index (χ1) is 7.67. The van der Waals surface area contributed by atoms with Crippen molar-refractivity contribution < 1.29 is 4.42 Å². The highest BCUT2D eigenvalue weighted by Gasteiger charge is 2.08. The Balaban J connectivity index is 2.65. The zero-order valence-electron chi connectivity index (χ0n) is 9.35. The predicted octanol–water partition coefficient (Wildman–Crippen LogP) is 1.87. The monoisotopic (exact) mass is 236 g/mol. The second kappa shape index (κ2) is 4.17. The third-order valence-electron chi connectivity index (χ3n) is 2.44. The van der Waals surface area contributed by atoms with Crippen molar-refractivity contribution in [2.24, 2.45) is 12.0 Å². The number of thioether (sulfide) groups is 1. The summed E-state index contributed by atoms with van der Waals surface area (Å²) in [4.78, 5) is 15.5. The molecule has 0 unspecified atom stereocenters. The smallest absolute Gasteiger partial charge is 0.408 e. The van der Waals surface area contributed by atoms with E-state index in [1.165, 1.54) is 4.57 Å². The first-order valence-corrected chi connectivity index (χ1v) is 6.00. The normalized spacial score (nSPS) is 12.3. The van der Waals surface area contributed by atoms with Gasteiger partial charge in [-0.25, -0.2) is 4.79 Å². The van der Waals surface area contributed by atoms with E-state index in [2.05, 4.69) is 4.99 Å². The van der Waals surface area contributed by atoms with Crippen molar-refractivity contribution in [2.75, 3.05) is 13.3 Å². The third-order valence-corrected chi connectivity index (χ3v) is 3.24. The quantitative estimate of drug-likeness (QED) is 0.561. The molecule has 0 radical (unpaired) electrons. The van der Waals surface area contributed by atoms with E-state index in [4.69, 9.17) is 4.42 Å². The molecule has 16 heavy (non-hydrogen) atoms.